The van der Waals surface area contributed by atoms with Crippen LogP contribution in [0.5, 0.6) is 5.75 Å². The third-order valence-corrected chi connectivity index (χ3v) is 5.76. The molecule has 5 heteroatoms. The van der Waals surface area contributed by atoms with Crippen LogP contribution < -0.4 is 5.32 Å². The predicted molar refractivity (Wildman–Crippen MR) is 113 cm³/mol. The van der Waals surface area contributed by atoms with Crippen LogP contribution in [0.1, 0.15) is 27.8 Å². The Morgan fingerprint density at radius 1 is 1.18 bits per heavy atom. The van der Waals surface area contributed by atoms with Crippen LogP contribution in [0.2, 0.25) is 0 Å². The van der Waals surface area contributed by atoms with Gasteiger partial charge < -0.3 is 20.2 Å². The van der Waals surface area contributed by atoms with Crippen molar-refractivity contribution in [2.45, 2.75) is 39.3 Å². The van der Waals surface area contributed by atoms with Gasteiger partial charge in [-0.3, -0.25) is 0 Å². The van der Waals surface area contributed by atoms with Gasteiger partial charge in [0.25, 0.3) is 0 Å². The molecule has 28 heavy (non-hydrogen) atoms. The molecule has 1 atom stereocenters. The average molecular weight is 382 g/mol. The van der Waals surface area contributed by atoms with E-state index in [2.05, 4.69) is 28.4 Å². The van der Waals surface area contributed by atoms with Crippen molar-refractivity contribution in [1.82, 2.24) is 15.1 Å². The van der Waals surface area contributed by atoms with Gasteiger partial charge in [-0.15, -0.1) is 0 Å². The number of benzene rings is 2. The third kappa shape index (κ3) is 4.65. The molecule has 2 aromatic carbocycles. The minimum Gasteiger partial charge on any atom is -0.508 e. The van der Waals surface area contributed by atoms with Crippen molar-refractivity contribution < 1.29 is 9.90 Å². The van der Waals surface area contributed by atoms with Crippen LogP contribution in [0, 0.1) is 13.8 Å². The number of urea groups is 1. The lowest BCUT2D eigenvalue weighted by Crippen LogP contribution is -2.48. The highest BCUT2D eigenvalue weighted by atomic mass is 16.3. The molecule has 3 rings (SSSR count). The Labute approximate surface area is 168 Å². The summed E-state index contributed by atoms with van der Waals surface area (Å²) in [7, 11) is 4.08. The number of aryl methyl sites for hydroxylation is 2. The molecular weight excluding hydrogens is 350 g/mol. The molecule has 0 saturated heterocycles. The zero-order valence-corrected chi connectivity index (χ0v) is 17.3. The second-order valence-electron chi connectivity index (χ2n) is 8.01. The molecule has 0 aromatic heterocycles. The maximum Gasteiger partial charge on any atom is 0.317 e. The minimum absolute atomic E-state index is 0.000466. The molecule has 1 aliphatic heterocycles. The largest absolute Gasteiger partial charge is 0.508 e. The Balaban J connectivity index is 1.62. The maximum absolute atomic E-state index is 12.7. The van der Waals surface area contributed by atoms with Crippen molar-refractivity contribution >= 4 is 6.03 Å². The summed E-state index contributed by atoms with van der Waals surface area (Å²) in [4.78, 5) is 16.8. The number of likely N-dealkylation sites (N-methyl/N-ethyl adjacent to an activating group) is 1. The Hall–Kier alpha value is -2.53. The van der Waals surface area contributed by atoms with E-state index >= 15 is 0 Å². The lowest BCUT2D eigenvalue weighted by molar-refractivity contribution is 0.187. The van der Waals surface area contributed by atoms with Gasteiger partial charge in [-0.25, -0.2) is 4.79 Å². The molecule has 150 valence electrons. The van der Waals surface area contributed by atoms with Gasteiger partial charge in [0.2, 0.25) is 0 Å². The highest BCUT2D eigenvalue weighted by molar-refractivity contribution is 5.74. The molecule has 0 radical (unpaired) electrons. The fourth-order valence-electron chi connectivity index (χ4n) is 3.95. The maximum atomic E-state index is 12.7. The predicted octanol–water partition coefficient (Wildman–Crippen LogP) is 3.25. The van der Waals surface area contributed by atoms with E-state index in [0.717, 1.165) is 30.5 Å². The molecule has 0 spiro atoms. The van der Waals surface area contributed by atoms with E-state index in [1.807, 2.05) is 38.9 Å². The molecule has 0 unspecified atom stereocenters. The van der Waals surface area contributed by atoms with E-state index < -0.39 is 0 Å². The molecule has 2 N–H and O–H groups in total. The summed E-state index contributed by atoms with van der Waals surface area (Å²) in [6.45, 7) is 6.07. The number of aromatic hydroxyl groups is 1. The molecule has 2 amide bonds. The van der Waals surface area contributed by atoms with Crippen LogP contribution in [0.25, 0.3) is 0 Å². The Kier molecular flexibility index (Phi) is 6.25. The lowest BCUT2D eigenvalue weighted by Gasteiger charge is -2.31. The fourth-order valence-corrected chi connectivity index (χ4v) is 3.95. The summed E-state index contributed by atoms with van der Waals surface area (Å²) >= 11 is 0. The number of phenolic OH excluding ortho intramolecular Hbond substituents is 1. The highest BCUT2D eigenvalue weighted by Gasteiger charge is 2.22. The zero-order chi connectivity index (χ0) is 20.3. The van der Waals surface area contributed by atoms with Gasteiger partial charge in [-0.1, -0.05) is 24.3 Å². The summed E-state index contributed by atoms with van der Waals surface area (Å²) in [5, 5.41) is 12.9. The number of carbonyl (C=O) groups is 1. The van der Waals surface area contributed by atoms with Gasteiger partial charge in [0.05, 0.1) is 0 Å². The quantitative estimate of drug-likeness (QED) is 0.836. The Bertz CT molecular complexity index is 824. The van der Waals surface area contributed by atoms with Crippen molar-refractivity contribution in [3.05, 3.63) is 64.2 Å². The summed E-state index contributed by atoms with van der Waals surface area (Å²) < 4.78 is 0. The molecule has 1 heterocycles. The van der Waals surface area contributed by atoms with Crippen LogP contribution >= 0.6 is 0 Å². The zero-order valence-electron chi connectivity index (χ0n) is 17.3. The van der Waals surface area contributed by atoms with Crippen molar-refractivity contribution in [3.8, 4) is 5.75 Å². The van der Waals surface area contributed by atoms with Crippen molar-refractivity contribution in [1.29, 1.82) is 0 Å². The molecule has 0 fully saturated rings. The number of fused-ring (bicyclic) bond motifs is 1. The monoisotopic (exact) mass is 381 g/mol. The third-order valence-electron chi connectivity index (χ3n) is 5.76. The SMILES string of the molecule is Cc1cc(O)cc(C)c1C[C@@H](CNC(=O)N1CCc2ccccc2C1)N(C)C. The van der Waals surface area contributed by atoms with Crippen molar-refractivity contribution in [3.63, 3.8) is 0 Å². The van der Waals surface area contributed by atoms with E-state index in [4.69, 9.17) is 0 Å². The first kappa shape index (κ1) is 20.2. The summed E-state index contributed by atoms with van der Waals surface area (Å²) in [6.07, 6.45) is 1.74. The first-order valence-electron chi connectivity index (χ1n) is 9.90. The van der Waals surface area contributed by atoms with Crippen molar-refractivity contribution in [2.24, 2.45) is 0 Å². The van der Waals surface area contributed by atoms with Crippen LogP contribution in [0.4, 0.5) is 4.79 Å². The van der Waals surface area contributed by atoms with Gasteiger partial charge in [0, 0.05) is 25.7 Å². The van der Waals surface area contributed by atoms with Gasteiger partial charge in [-0.2, -0.15) is 0 Å². The summed E-state index contributed by atoms with van der Waals surface area (Å²) in [5.41, 5.74) is 5.99. The summed E-state index contributed by atoms with van der Waals surface area (Å²) in [5.74, 6) is 0.304. The van der Waals surface area contributed by atoms with E-state index in [1.54, 1.807) is 12.1 Å². The summed E-state index contributed by atoms with van der Waals surface area (Å²) in [6, 6.07) is 12.1. The second-order valence-corrected chi connectivity index (χ2v) is 8.01. The standard InChI is InChI=1S/C23H31N3O2/c1-16-11-21(27)12-17(2)22(16)13-20(25(3)4)14-24-23(28)26-10-9-18-7-5-6-8-19(18)15-26/h5-8,11-12,20,27H,9-10,13-15H2,1-4H3,(H,24,28)/t20-/m0/s1. The second kappa shape index (κ2) is 8.65. The van der Waals surface area contributed by atoms with E-state index in [-0.39, 0.29) is 12.1 Å². The number of carbonyl (C=O) groups excluding carboxylic acids is 1. The lowest BCUT2D eigenvalue weighted by atomic mass is 9.95. The molecule has 5 nitrogen and oxygen atoms in total. The van der Waals surface area contributed by atoms with Crippen LogP contribution in [-0.2, 0) is 19.4 Å². The Morgan fingerprint density at radius 2 is 1.82 bits per heavy atom. The topological polar surface area (TPSA) is 55.8 Å². The van der Waals surface area contributed by atoms with Crippen LogP contribution in [-0.4, -0.2) is 54.2 Å². The first-order valence-corrected chi connectivity index (χ1v) is 9.90. The Morgan fingerprint density at radius 3 is 2.46 bits per heavy atom. The number of rotatable bonds is 5. The van der Waals surface area contributed by atoms with Gasteiger partial charge >= 0.3 is 6.03 Å². The van der Waals surface area contributed by atoms with Gasteiger partial charge in [0.15, 0.2) is 0 Å². The van der Waals surface area contributed by atoms with E-state index in [9.17, 15) is 9.90 Å². The number of phenols is 1. The number of hydrogen-bond donors (Lipinski definition) is 2. The number of nitrogens with one attached hydrogen (secondary N) is 1. The van der Waals surface area contributed by atoms with Gasteiger partial charge in [-0.05, 0) is 80.7 Å². The van der Waals surface area contributed by atoms with E-state index in [1.165, 1.54) is 16.7 Å². The molecule has 1 aliphatic rings. The van der Waals surface area contributed by atoms with Crippen LogP contribution in [0.15, 0.2) is 36.4 Å². The van der Waals surface area contributed by atoms with Crippen LogP contribution in [0.3, 0.4) is 0 Å². The van der Waals surface area contributed by atoms with Crippen molar-refractivity contribution in [2.75, 3.05) is 27.2 Å². The highest BCUT2D eigenvalue weighted by Crippen LogP contribution is 2.23. The fraction of sp³-hybridized carbons (Fsp3) is 0.435. The number of nitrogens with zero attached hydrogens (tertiary/aromatic N) is 2. The molecule has 2 aromatic rings. The first-order chi connectivity index (χ1) is 13.3. The molecule has 0 bridgehead atoms. The minimum atomic E-state index is 0.000466. The number of hydrogen-bond acceptors (Lipinski definition) is 3. The van der Waals surface area contributed by atoms with Gasteiger partial charge in [0.1, 0.15) is 5.75 Å². The number of amides is 2. The molecule has 0 aliphatic carbocycles. The molecular formula is C23H31N3O2. The normalized spacial score (nSPS) is 14.7. The molecule has 0 saturated carbocycles. The smallest absolute Gasteiger partial charge is 0.317 e. The average Bonchev–Trinajstić information content (AvgIpc) is 2.65. The van der Waals surface area contributed by atoms with E-state index in [0.29, 0.717) is 18.8 Å².